The minimum absolute atomic E-state index is 0. The average Bonchev–Trinajstić information content (AvgIpc) is 2.84. The summed E-state index contributed by atoms with van der Waals surface area (Å²) in [5.74, 6) is -0.973. The van der Waals surface area contributed by atoms with Crippen molar-refractivity contribution >= 4 is 41.7 Å². The topological polar surface area (TPSA) is 114 Å². The smallest absolute Gasteiger partial charge is 0.331 e. The number of amides is 1. The van der Waals surface area contributed by atoms with Crippen molar-refractivity contribution < 1.29 is 19.4 Å². The summed E-state index contributed by atoms with van der Waals surface area (Å²) in [5.41, 5.74) is 9.45. The summed E-state index contributed by atoms with van der Waals surface area (Å²) in [6.07, 6.45) is 2.62. The van der Waals surface area contributed by atoms with Crippen LogP contribution in [-0.2, 0) is 14.3 Å². The Morgan fingerprint density at radius 3 is 2.23 bits per heavy atom. The molecule has 0 fully saturated rings. The van der Waals surface area contributed by atoms with Gasteiger partial charge >= 0.3 is 5.97 Å². The number of nitrogens with two attached hydrogens (primary N) is 1. The standard InChI is InChI=1S/C27H33N3O4.HI/c1-4-22(5-2)34-24-16-21(27(32)33)15-23(25(24)29-17(3)31)30-26(28)20-13-11-19(12-14-20)18-9-7-6-8-10-18;/h6-14,16,22-25H,4-5,15H2,1-3H3,(H2,28,30)(H,29,31)(H,32,33);1H/t23-,24+,25+;/m0./s1. The number of amidine groups is 1. The highest BCUT2D eigenvalue weighted by molar-refractivity contribution is 14.0. The molecule has 0 spiro atoms. The van der Waals surface area contributed by atoms with Gasteiger partial charge in [-0.15, -0.1) is 24.0 Å². The van der Waals surface area contributed by atoms with Crippen molar-refractivity contribution in [1.82, 2.24) is 5.32 Å². The van der Waals surface area contributed by atoms with Gasteiger partial charge in [0.05, 0.1) is 24.3 Å². The van der Waals surface area contributed by atoms with Gasteiger partial charge in [0, 0.05) is 24.5 Å². The zero-order valence-corrected chi connectivity index (χ0v) is 22.6. The average molecular weight is 591 g/mol. The Bertz CT molecular complexity index is 1050. The number of hydrogen-bond acceptors (Lipinski definition) is 4. The van der Waals surface area contributed by atoms with Gasteiger partial charge in [0.2, 0.25) is 5.91 Å². The van der Waals surface area contributed by atoms with Crippen molar-refractivity contribution in [3.05, 3.63) is 71.8 Å². The highest BCUT2D eigenvalue weighted by Gasteiger charge is 2.37. The van der Waals surface area contributed by atoms with Crippen molar-refractivity contribution in [3.8, 4) is 11.1 Å². The lowest BCUT2D eigenvalue weighted by atomic mass is 9.87. The third-order valence-corrected chi connectivity index (χ3v) is 6.06. The van der Waals surface area contributed by atoms with Crippen LogP contribution >= 0.6 is 24.0 Å². The van der Waals surface area contributed by atoms with E-state index in [0.29, 0.717) is 0 Å². The Hall–Kier alpha value is -2.72. The van der Waals surface area contributed by atoms with Crippen molar-refractivity contribution in [2.45, 2.75) is 64.3 Å². The molecule has 0 unspecified atom stereocenters. The van der Waals surface area contributed by atoms with E-state index in [2.05, 4.69) is 10.3 Å². The molecular formula is C27H34IN3O4. The van der Waals surface area contributed by atoms with E-state index >= 15 is 0 Å². The first-order valence-corrected chi connectivity index (χ1v) is 11.7. The van der Waals surface area contributed by atoms with Gasteiger partial charge in [0.1, 0.15) is 5.84 Å². The molecule has 0 heterocycles. The number of carboxylic acids is 1. The van der Waals surface area contributed by atoms with E-state index in [4.69, 9.17) is 10.5 Å². The number of benzene rings is 2. The molecule has 0 saturated heterocycles. The molecule has 3 atom stereocenters. The molecule has 0 aliphatic heterocycles. The number of carbonyl (C=O) groups is 2. The monoisotopic (exact) mass is 591 g/mol. The summed E-state index contributed by atoms with van der Waals surface area (Å²) in [4.78, 5) is 28.5. The van der Waals surface area contributed by atoms with Crippen LogP contribution in [0.5, 0.6) is 0 Å². The van der Waals surface area contributed by atoms with E-state index in [0.717, 1.165) is 29.5 Å². The Kier molecular flexibility index (Phi) is 10.9. The second-order valence-electron chi connectivity index (χ2n) is 8.49. The summed E-state index contributed by atoms with van der Waals surface area (Å²) in [6.45, 7) is 5.45. The second kappa shape index (κ2) is 13.4. The summed E-state index contributed by atoms with van der Waals surface area (Å²) in [7, 11) is 0. The quantitative estimate of drug-likeness (QED) is 0.225. The maximum Gasteiger partial charge on any atom is 0.331 e. The van der Waals surface area contributed by atoms with Gasteiger partial charge in [-0.3, -0.25) is 9.79 Å². The molecule has 2 aromatic carbocycles. The van der Waals surface area contributed by atoms with Gasteiger partial charge < -0.3 is 20.9 Å². The molecule has 0 saturated carbocycles. The molecule has 188 valence electrons. The van der Waals surface area contributed by atoms with Crippen molar-refractivity contribution in [2.24, 2.45) is 10.7 Å². The van der Waals surface area contributed by atoms with Crippen LogP contribution in [0.15, 0.2) is 71.2 Å². The number of rotatable bonds is 9. The van der Waals surface area contributed by atoms with Crippen molar-refractivity contribution in [1.29, 1.82) is 0 Å². The Morgan fingerprint density at radius 2 is 1.69 bits per heavy atom. The van der Waals surface area contributed by atoms with Crippen molar-refractivity contribution in [3.63, 3.8) is 0 Å². The van der Waals surface area contributed by atoms with Crippen LogP contribution in [0.1, 0.15) is 45.6 Å². The van der Waals surface area contributed by atoms with Crippen LogP contribution in [0.4, 0.5) is 0 Å². The molecule has 1 amide bonds. The number of hydrogen-bond donors (Lipinski definition) is 3. The van der Waals surface area contributed by atoms with Gasteiger partial charge in [-0.25, -0.2) is 4.79 Å². The number of aliphatic imine (C=N–C) groups is 1. The Morgan fingerprint density at radius 1 is 1.09 bits per heavy atom. The van der Waals surface area contributed by atoms with E-state index in [1.807, 2.05) is 68.4 Å². The minimum Gasteiger partial charge on any atom is -0.478 e. The maximum atomic E-state index is 12.0. The molecular weight excluding hydrogens is 557 g/mol. The molecule has 3 rings (SSSR count). The van der Waals surface area contributed by atoms with E-state index < -0.39 is 24.2 Å². The molecule has 1 aliphatic rings. The molecule has 8 heteroatoms. The van der Waals surface area contributed by atoms with Crippen LogP contribution in [0.25, 0.3) is 11.1 Å². The molecule has 7 nitrogen and oxygen atoms in total. The molecule has 0 aromatic heterocycles. The fourth-order valence-corrected chi connectivity index (χ4v) is 4.18. The predicted molar refractivity (Wildman–Crippen MR) is 149 cm³/mol. The maximum absolute atomic E-state index is 12.0. The first-order chi connectivity index (χ1) is 16.3. The largest absolute Gasteiger partial charge is 0.478 e. The lowest BCUT2D eigenvalue weighted by molar-refractivity contribution is -0.133. The Labute approximate surface area is 223 Å². The van der Waals surface area contributed by atoms with Crippen LogP contribution in [0.3, 0.4) is 0 Å². The summed E-state index contributed by atoms with van der Waals surface area (Å²) in [5, 5.41) is 12.6. The minimum atomic E-state index is -1.02. The number of carboxylic acid groups (broad SMARTS) is 1. The summed E-state index contributed by atoms with van der Waals surface area (Å²) < 4.78 is 6.20. The highest BCUT2D eigenvalue weighted by Crippen LogP contribution is 2.27. The number of halogens is 1. The number of ether oxygens (including phenoxy) is 1. The molecule has 2 aromatic rings. The number of carbonyl (C=O) groups excluding carboxylic acids is 1. The molecule has 0 radical (unpaired) electrons. The van der Waals surface area contributed by atoms with E-state index in [1.165, 1.54) is 6.92 Å². The third kappa shape index (κ3) is 7.63. The van der Waals surface area contributed by atoms with Crippen LogP contribution in [-0.4, -0.2) is 47.1 Å². The van der Waals surface area contributed by atoms with Gasteiger partial charge in [-0.05, 0) is 30.0 Å². The zero-order valence-electron chi connectivity index (χ0n) is 20.3. The number of nitrogens with zero attached hydrogens (tertiary/aromatic N) is 1. The first kappa shape index (κ1) is 28.5. The number of nitrogens with one attached hydrogen (secondary N) is 1. The lowest BCUT2D eigenvalue weighted by Crippen LogP contribution is -2.53. The summed E-state index contributed by atoms with van der Waals surface area (Å²) >= 11 is 0. The van der Waals surface area contributed by atoms with Gasteiger partial charge in [-0.1, -0.05) is 68.4 Å². The van der Waals surface area contributed by atoms with E-state index in [1.54, 1.807) is 6.08 Å². The zero-order chi connectivity index (χ0) is 24.7. The van der Waals surface area contributed by atoms with E-state index in [9.17, 15) is 14.7 Å². The highest BCUT2D eigenvalue weighted by atomic mass is 127. The fraction of sp³-hybridized carbons (Fsp3) is 0.370. The molecule has 35 heavy (non-hydrogen) atoms. The molecule has 1 aliphatic carbocycles. The number of aliphatic carboxylic acids is 1. The normalized spacial score (nSPS) is 20.1. The molecule has 4 N–H and O–H groups in total. The SMILES string of the molecule is CCC(CC)O[C@@H]1C=C(C(=O)O)C[C@H](/N=C(\N)c2ccc(-c3ccccc3)cc2)[C@H]1NC(C)=O.I. The fourth-order valence-electron chi connectivity index (χ4n) is 4.18. The van der Waals surface area contributed by atoms with Gasteiger partial charge in [-0.2, -0.15) is 0 Å². The van der Waals surface area contributed by atoms with Crippen LogP contribution in [0.2, 0.25) is 0 Å². The van der Waals surface area contributed by atoms with Crippen molar-refractivity contribution in [2.75, 3.05) is 0 Å². The molecule has 0 bridgehead atoms. The van der Waals surface area contributed by atoms with Crippen LogP contribution < -0.4 is 11.1 Å². The van der Waals surface area contributed by atoms with Gasteiger partial charge in [0.15, 0.2) is 0 Å². The van der Waals surface area contributed by atoms with E-state index in [-0.39, 0.29) is 53.8 Å². The van der Waals surface area contributed by atoms with Gasteiger partial charge in [0.25, 0.3) is 0 Å². The summed E-state index contributed by atoms with van der Waals surface area (Å²) in [6, 6.07) is 16.6. The predicted octanol–water partition coefficient (Wildman–Crippen LogP) is 4.54. The third-order valence-electron chi connectivity index (χ3n) is 6.06. The van der Waals surface area contributed by atoms with Crippen LogP contribution in [0, 0.1) is 0 Å². The Balaban J connectivity index is 0.00000432. The first-order valence-electron chi connectivity index (χ1n) is 11.7. The lowest BCUT2D eigenvalue weighted by Gasteiger charge is -2.36. The second-order valence-corrected chi connectivity index (χ2v) is 8.49.